The van der Waals surface area contributed by atoms with Gasteiger partial charge in [-0.1, -0.05) is 24.3 Å². The first kappa shape index (κ1) is 21.0. The molecule has 4 aromatic rings. The molecule has 0 unspecified atom stereocenters. The summed E-state index contributed by atoms with van der Waals surface area (Å²) in [5.74, 6) is -2.52. The minimum absolute atomic E-state index is 0.000774. The Kier molecular flexibility index (Phi) is 5.80. The lowest BCUT2D eigenvalue weighted by Gasteiger charge is -2.09. The van der Waals surface area contributed by atoms with Crippen molar-refractivity contribution in [2.24, 2.45) is 0 Å². The van der Waals surface area contributed by atoms with E-state index >= 15 is 0 Å². The maximum Gasteiger partial charge on any atom is 0.323 e. The van der Waals surface area contributed by atoms with Crippen molar-refractivity contribution in [3.63, 3.8) is 0 Å². The first-order valence-corrected chi connectivity index (χ1v) is 9.71. The van der Waals surface area contributed by atoms with Crippen molar-refractivity contribution in [2.75, 3.05) is 6.54 Å². The van der Waals surface area contributed by atoms with Gasteiger partial charge < -0.3 is 19.9 Å². The normalized spacial score (nSPS) is 11.3. The van der Waals surface area contributed by atoms with E-state index in [2.05, 4.69) is 15.3 Å². The first-order valence-electron chi connectivity index (χ1n) is 9.71. The molecule has 9 heteroatoms. The summed E-state index contributed by atoms with van der Waals surface area (Å²) in [5, 5.41) is 2.65. The number of imidazole rings is 1. The molecule has 0 spiro atoms. The molecule has 162 valence electrons. The topological polar surface area (TPSA) is 99.8 Å². The fraction of sp³-hybridized carbons (Fsp3) is 0.0870. The third kappa shape index (κ3) is 4.56. The number of nitrogens with one attached hydrogen (secondary N) is 3. The molecule has 0 aliphatic rings. The van der Waals surface area contributed by atoms with Crippen LogP contribution < -0.4 is 16.6 Å². The smallest absolute Gasteiger partial charge is 0.323 e. The number of fused-ring (bicyclic) bond motifs is 1. The van der Waals surface area contributed by atoms with Crippen molar-refractivity contribution < 1.29 is 13.6 Å². The summed E-state index contributed by atoms with van der Waals surface area (Å²) in [6, 6.07) is 11.7. The number of hydrogen-bond acceptors (Lipinski definition) is 3. The van der Waals surface area contributed by atoms with Crippen LogP contribution in [0.2, 0.25) is 0 Å². The molecule has 0 saturated carbocycles. The number of carbonyl (C=O) groups is 1. The molecular weight excluding hydrogens is 418 g/mol. The van der Waals surface area contributed by atoms with Gasteiger partial charge >= 0.3 is 5.69 Å². The van der Waals surface area contributed by atoms with E-state index in [4.69, 9.17) is 0 Å². The Hall–Kier alpha value is -4.27. The van der Waals surface area contributed by atoms with Crippen LogP contribution in [0.5, 0.6) is 0 Å². The van der Waals surface area contributed by atoms with Crippen molar-refractivity contribution in [1.29, 1.82) is 0 Å². The average molecular weight is 436 g/mol. The molecule has 1 amide bonds. The third-order valence-electron chi connectivity index (χ3n) is 4.83. The Balaban J connectivity index is 1.42. The molecule has 4 rings (SSSR count). The number of amides is 1. The molecule has 2 heterocycles. The fourth-order valence-electron chi connectivity index (χ4n) is 3.26. The van der Waals surface area contributed by atoms with Crippen molar-refractivity contribution >= 4 is 23.0 Å². The van der Waals surface area contributed by atoms with Gasteiger partial charge in [0, 0.05) is 12.7 Å². The third-order valence-corrected chi connectivity index (χ3v) is 4.83. The standard InChI is InChI=1S/C23H18F2N4O3/c24-17-7-5-15(11-18(17)25)13-29-10-2-4-16(22(29)31)21(30)26-9-1-3-14-6-8-19-20(12-14)28-23(32)27-19/h1-8,10-12H,9,13H2,(H,26,30)(H2,27,28,32)/b3-1+. The Morgan fingerprint density at radius 3 is 2.62 bits per heavy atom. The summed E-state index contributed by atoms with van der Waals surface area (Å²) in [5.41, 5.74) is 1.71. The predicted octanol–water partition coefficient (Wildman–Crippen LogP) is 2.79. The molecule has 7 nitrogen and oxygen atoms in total. The highest BCUT2D eigenvalue weighted by Crippen LogP contribution is 2.11. The maximum atomic E-state index is 13.4. The van der Waals surface area contributed by atoms with Crippen LogP contribution in [0.1, 0.15) is 21.5 Å². The Labute approximate surface area is 180 Å². The minimum atomic E-state index is -1.00. The monoisotopic (exact) mass is 436 g/mol. The average Bonchev–Trinajstić information content (AvgIpc) is 3.14. The van der Waals surface area contributed by atoms with Gasteiger partial charge in [-0.05, 0) is 47.5 Å². The number of halogens is 2. The number of aromatic amines is 2. The largest absolute Gasteiger partial charge is 0.348 e. The Morgan fingerprint density at radius 2 is 1.81 bits per heavy atom. The number of aromatic nitrogens is 3. The van der Waals surface area contributed by atoms with Crippen LogP contribution in [0.15, 0.2) is 70.4 Å². The molecular formula is C23H18F2N4O3. The molecule has 0 radical (unpaired) electrons. The van der Waals surface area contributed by atoms with E-state index < -0.39 is 23.1 Å². The molecule has 32 heavy (non-hydrogen) atoms. The van der Waals surface area contributed by atoms with Crippen LogP contribution in [-0.4, -0.2) is 27.0 Å². The predicted molar refractivity (Wildman–Crippen MR) is 116 cm³/mol. The molecule has 0 saturated heterocycles. The fourth-order valence-corrected chi connectivity index (χ4v) is 3.26. The molecule has 0 fully saturated rings. The molecule has 0 aliphatic heterocycles. The lowest BCUT2D eigenvalue weighted by atomic mass is 10.2. The molecule has 2 aromatic heterocycles. The lowest BCUT2D eigenvalue weighted by molar-refractivity contribution is 0.0956. The highest BCUT2D eigenvalue weighted by atomic mass is 19.2. The maximum absolute atomic E-state index is 13.4. The summed E-state index contributed by atoms with van der Waals surface area (Å²) in [6.07, 6.45) is 4.96. The van der Waals surface area contributed by atoms with E-state index in [1.807, 2.05) is 6.07 Å². The van der Waals surface area contributed by atoms with Crippen molar-refractivity contribution in [3.8, 4) is 0 Å². The second-order valence-electron chi connectivity index (χ2n) is 7.10. The van der Waals surface area contributed by atoms with Crippen LogP contribution in [0.3, 0.4) is 0 Å². The van der Waals surface area contributed by atoms with Gasteiger partial charge in [0.25, 0.3) is 11.5 Å². The lowest BCUT2D eigenvalue weighted by Crippen LogP contribution is -2.33. The summed E-state index contributed by atoms with van der Waals surface area (Å²) >= 11 is 0. The number of pyridine rings is 1. The number of hydrogen-bond donors (Lipinski definition) is 3. The van der Waals surface area contributed by atoms with E-state index in [0.717, 1.165) is 17.7 Å². The van der Waals surface area contributed by atoms with Gasteiger partial charge in [0.1, 0.15) is 5.56 Å². The zero-order chi connectivity index (χ0) is 22.7. The Morgan fingerprint density at radius 1 is 1.00 bits per heavy atom. The summed E-state index contributed by atoms with van der Waals surface area (Å²) in [7, 11) is 0. The molecule has 0 atom stereocenters. The molecule has 2 aromatic carbocycles. The number of benzene rings is 2. The van der Waals surface area contributed by atoms with Gasteiger partial charge in [-0.15, -0.1) is 0 Å². The highest BCUT2D eigenvalue weighted by Gasteiger charge is 2.12. The Bertz CT molecular complexity index is 1450. The quantitative estimate of drug-likeness (QED) is 0.433. The summed E-state index contributed by atoms with van der Waals surface area (Å²) in [6.45, 7) is 0.179. The van der Waals surface area contributed by atoms with Gasteiger partial charge in [0.05, 0.1) is 17.6 Å². The van der Waals surface area contributed by atoms with Gasteiger partial charge in [-0.25, -0.2) is 13.6 Å². The molecule has 0 aliphatic carbocycles. The van der Waals surface area contributed by atoms with E-state index in [0.29, 0.717) is 16.6 Å². The van der Waals surface area contributed by atoms with Crippen LogP contribution in [0.25, 0.3) is 17.1 Å². The van der Waals surface area contributed by atoms with Crippen molar-refractivity contribution in [1.82, 2.24) is 19.9 Å². The van der Waals surface area contributed by atoms with Gasteiger partial charge in [0.2, 0.25) is 0 Å². The SMILES string of the molecule is O=C(NC/C=C/c1ccc2[nH]c(=O)[nH]c2c1)c1cccn(Cc2ccc(F)c(F)c2)c1=O. The second kappa shape index (κ2) is 8.84. The summed E-state index contributed by atoms with van der Waals surface area (Å²) in [4.78, 5) is 41.7. The molecule has 3 N–H and O–H groups in total. The summed E-state index contributed by atoms with van der Waals surface area (Å²) < 4.78 is 27.8. The van der Waals surface area contributed by atoms with E-state index in [1.54, 1.807) is 30.4 Å². The van der Waals surface area contributed by atoms with Crippen molar-refractivity contribution in [2.45, 2.75) is 6.54 Å². The van der Waals surface area contributed by atoms with Crippen LogP contribution in [0, 0.1) is 11.6 Å². The number of rotatable bonds is 6. The van der Waals surface area contributed by atoms with Gasteiger partial charge in [-0.3, -0.25) is 9.59 Å². The zero-order valence-corrected chi connectivity index (χ0v) is 16.7. The zero-order valence-electron chi connectivity index (χ0n) is 16.7. The highest BCUT2D eigenvalue weighted by molar-refractivity contribution is 5.93. The first-order chi connectivity index (χ1) is 15.4. The minimum Gasteiger partial charge on any atom is -0.348 e. The van der Waals surface area contributed by atoms with Crippen LogP contribution in [-0.2, 0) is 6.54 Å². The van der Waals surface area contributed by atoms with E-state index in [1.165, 1.54) is 22.9 Å². The van der Waals surface area contributed by atoms with Crippen molar-refractivity contribution in [3.05, 3.63) is 110 Å². The van der Waals surface area contributed by atoms with E-state index in [9.17, 15) is 23.2 Å². The van der Waals surface area contributed by atoms with Gasteiger partial charge in [-0.2, -0.15) is 0 Å². The number of carbonyl (C=O) groups excluding carboxylic acids is 1. The number of H-pyrrole nitrogens is 2. The number of nitrogens with zero attached hydrogens (tertiary/aromatic N) is 1. The molecule has 0 bridgehead atoms. The van der Waals surface area contributed by atoms with Crippen LogP contribution >= 0.6 is 0 Å². The van der Waals surface area contributed by atoms with Gasteiger partial charge in [0.15, 0.2) is 11.6 Å². The second-order valence-corrected chi connectivity index (χ2v) is 7.10. The van der Waals surface area contributed by atoms with E-state index in [-0.39, 0.29) is 24.3 Å². The van der Waals surface area contributed by atoms with Crippen LogP contribution in [0.4, 0.5) is 8.78 Å².